The van der Waals surface area contributed by atoms with E-state index in [-0.39, 0.29) is 5.13 Å². The molecule has 0 fully saturated rings. The molecular formula is C13H11F3N6S. The monoisotopic (exact) mass is 340 g/mol. The van der Waals surface area contributed by atoms with Crippen molar-refractivity contribution in [1.82, 2.24) is 25.0 Å². The van der Waals surface area contributed by atoms with E-state index in [0.717, 1.165) is 16.8 Å². The van der Waals surface area contributed by atoms with Gasteiger partial charge in [-0.2, -0.15) is 18.3 Å². The number of benzene rings is 1. The molecule has 0 unspecified atom stereocenters. The molecule has 10 heteroatoms. The zero-order valence-corrected chi connectivity index (χ0v) is 12.7. The largest absolute Gasteiger partial charge is 0.445 e. The van der Waals surface area contributed by atoms with Crippen molar-refractivity contribution in [3.63, 3.8) is 0 Å². The van der Waals surface area contributed by atoms with E-state index >= 15 is 0 Å². The summed E-state index contributed by atoms with van der Waals surface area (Å²) in [4.78, 5) is 3.89. The van der Waals surface area contributed by atoms with Crippen molar-refractivity contribution in [3.05, 3.63) is 47.0 Å². The summed E-state index contributed by atoms with van der Waals surface area (Å²) in [5.74, 6) is 0. The van der Waals surface area contributed by atoms with Gasteiger partial charge in [-0.25, -0.2) is 9.67 Å². The van der Waals surface area contributed by atoms with Crippen molar-refractivity contribution in [3.8, 4) is 5.69 Å². The van der Waals surface area contributed by atoms with Gasteiger partial charge in [0.25, 0.3) is 0 Å². The highest BCUT2D eigenvalue weighted by Gasteiger charge is 2.35. The van der Waals surface area contributed by atoms with Crippen LogP contribution in [0.5, 0.6) is 0 Å². The minimum absolute atomic E-state index is 0.135. The van der Waals surface area contributed by atoms with Gasteiger partial charge in [-0.1, -0.05) is 23.5 Å². The van der Waals surface area contributed by atoms with E-state index in [4.69, 9.17) is 0 Å². The molecule has 1 aromatic carbocycles. The lowest BCUT2D eigenvalue weighted by molar-refractivity contribution is -0.138. The highest BCUT2D eigenvalue weighted by molar-refractivity contribution is 7.15. The number of rotatable bonds is 4. The Morgan fingerprint density at radius 1 is 1.26 bits per heavy atom. The molecule has 0 bridgehead atoms. The Balaban J connectivity index is 1.69. The average Bonchev–Trinajstić information content (AvgIpc) is 3.16. The lowest BCUT2D eigenvalue weighted by Crippen LogP contribution is -2.03. The molecule has 2 heterocycles. The number of halogens is 3. The van der Waals surface area contributed by atoms with Gasteiger partial charge in [-0.15, -0.1) is 10.2 Å². The van der Waals surface area contributed by atoms with E-state index in [0.29, 0.717) is 17.9 Å². The van der Waals surface area contributed by atoms with Crippen LogP contribution in [0.15, 0.2) is 30.9 Å². The second kappa shape index (κ2) is 5.95. The average molecular weight is 340 g/mol. The molecule has 1 N–H and O–H groups in total. The molecule has 6 nitrogen and oxygen atoms in total. The van der Waals surface area contributed by atoms with Gasteiger partial charge in [0, 0.05) is 6.54 Å². The number of aromatic nitrogens is 5. The minimum Gasteiger partial charge on any atom is -0.356 e. The van der Waals surface area contributed by atoms with Gasteiger partial charge in [0.05, 0.1) is 5.69 Å². The van der Waals surface area contributed by atoms with Crippen LogP contribution in [0.1, 0.15) is 16.1 Å². The van der Waals surface area contributed by atoms with Crippen molar-refractivity contribution >= 4 is 16.5 Å². The number of hydrogen-bond acceptors (Lipinski definition) is 6. The Kier molecular flexibility index (Phi) is 3.99. The second-order valence-corrected chi connectivity index (χ2v) is 5.70. The summed E-state index contributed by atoms with van der Waals surface area (Å²) in [6.45, 7) is 2.28. The molecule has 0 atom stereocenters. The number of aryl methyl sites for hydroxylation is 1. The molecule has 2 aromatic heterocycles. The number of nitrogens with one attached hydrogen (secondary N) is 1. The minimum atomic E-state index is -4.46. The fourth-order valence-electron chi connectivity index (χ4n) is 2.00. The molecular weight excluding hydrogens is 329 g/mol. The zero-order chi connectivity index (χ0) is 16.4. The molecule has 0 saturated carbocycles. The fourth-order valence-corrected chi connectivity index (χ4v) is 2.61. The van der Waals surface area contributed by atoms with Gasteiger partial charge in [0.1, 0.15) is 12.7 Å². The molecule has 0 radical (unpaired) electrons. The van der Waals surface area contributed by atoms with E-state index in [9.17, 15) is 13.2 Å². The third kappa shape index (κ3) is 3.47. The molecule has 0 spiro atoms. The zero-order valence-electron chi connectivity index (χ0n) is 11.9. The maximum Gasteiger partial charge on any atom is 0.445 e. The van der Waals surface area contributed by atoms with Gasteiger partial charge in [-0.3, -0.25) is 0 Å². The van der Waals surface area contributed by atoms with Gasteiger partial charge in [0.15, 0.2) is 0 Å². The van der Waals surface area contributed by atoms with E-state index in [1.807, 2.05) is 25.1 Å². The van der Waals surface area contributed by atoms with Crippen molar-refractivity contribution in [2.24, 2.45) is 0 Å². The Morgan fingerprint density at radius 2 is 2.09 bits per heavy atom. The number of nitrogens with zero attached hydrogens (tertiary/aromatic N) is 5. The van der Waals surface area contributed by atoms with Gasteiger partial charge in [-0.05, 0) is 24.1 Å². The van der Waals surface area contributed by atoms with Crippen LogP contribution in [0.4, 0.5) is 18.3 Å². The van der Waals surface area contributed by atoms with Crippen LogP contribution in [0, 0.1) is 6.92 Å². The van der Waals surface area contributed by atoms with Crippen molar-refractivity contribution in [2.45, 2.75) is 19.6 Å². The summed E-state index contributed by atoms with van der Waals surface area (Å²) in [6, 6.07) is 5.67. The SMILES string of the molecule is Cc1cc(CNc2nnc(C(F)(F)F)s2)ccc1-n1cncn1. The van der Waals surface area contributed by atoms with E-state index in [1.54, 1.807) is 11.0 Å². The van der Waals surface area contributed by atoms with E-state index in [2.05, 4.69) is 25.6 Å². The maximum absolute atomic E-state index is 12.5. The third-order valence-electron chi connectivity index (χ3n) is 3.04. The first-order chi connectivity index (χ1) is 10.9. The van der Waals surface area contributed by atoms with Crippen LogP contribution >= 0.6 is 11.3 Å². The fraction of sp³-hybridized carbons (Fsp3) is 0.231. The summed E-state index contributed by atoms with van der Waals surface area (Å²) in [5, 5.41) is 12.7. The lowest BCUT2D eigenvalue weighted by Gasteiger charge is -2.08. The van der Waals surface area contributed by atoms with Gasteiger partial charge < -0.3 is 5.32 Å². The van der Waals surface area contributed by atoms with Crippen LogP contribution in [0.25, 0.3) is 5.69 Å². The Bertz CT molecular complexity index is 796. The molecule has 0 amide bonds. The Labute approximate surface area is 133 Å². The Morgan fingerprint density at radius 3 is 2.70 bits per heavy atom. The molecule has 23 heavy (non-hydrogen) atoms. The summed E-state index contributed by atoms with van der Waals surface area (Å²) >= 11 is 0.484. The first kappa shape index (κ1) is 15.4. The van der Waals surface area contributed by atoms with Crippen LogP contribution in [0.3, 0.4) is 0 Å². The van der Waals surface area contributed by atoms with Crippen molar-refractivity contribution in [2.75, 3.05) is 5.32 Å². The van der Waals surface area contributed by atoms with Crippen molar-refractivity contribution < 1.29 is 13.2 Å². The molecule has 0 aliphatic rings. The second-order valence-electron chi connectivity index (χ2n) is 4.72. The third-order valence-corrected chi connectivity index (χ3v) is 3.96. The normalized spacial score (nSPS) is 11.7. The van der Waals surface area contributed by atoms with Gasteiger partial charge >= 0.3 is 6.18 Å². The summed E-state index contributed by atoms with van der Waals surface area (Å²) in [6.07, 6.45) is -1.42. The van der Waals surface area contributed by atoms with Crippen LogP contribution in [-0.2, 0) is 12.7 Å². The number of hydrogen-bond donors (Lipinski definition) is 1. The Hall–Kier alpha value is -2.49. The maximum atomic E-state index is 12.5. The first-order valence-electron chi connectivity index (χ1n) is 6.52. The van der Waals surface area contributed by atoms with E-state index < -0.39 is 11.2 Å². The van der Waals surface area contributed by atoms with E-state index in [1.165, 1.54) is 6.33 Å². The predicted octanol–water partition coefficient (Wildman–Crippen LogP) is 3.06. The van der Waals surface area contributed by atoms with Gasteiger partial charge in [0.2, 0.25) is 10.1 Å². The summed E-state index contributed by atoms with van der Waals surface area (Å²) in [5.41, 5.74) is 2.78. The van der Waals surface area contributed by atoms with Crippen LogP contribution < -0.4 is 5.32 Å². The number of alkyl halides is 3. The number of anilines is 1. The topological polar surface area (TPSA) is 68.5 Å². The lowest BCUT2D eigenvalue weighted by atomic mass is 10.1. The molecule has 3 aromatic rings. The molecule has 3 rings (SSSR count). The highest BCUT2D eigenvalue weighted by Crippen LogP contribution is 2.33. The first-order valence-corrected chi connectivity index (χ1v) is 7.34. The van der Waals surface area contributed by atoms with Crippen LogP contribution in [0.2, 0.25) is 0 Å². The molecule has 0 aliphatic carbocycles. The quantitative estimate of drug-likeness (QED) is 0.790. The molecule has 0 saturated heterocycles. The summed E-state index contributed by atoms with van der Waals surface area (Å²) < 4.78 is 39.0. The highest BCUT2D eigenvalue weighted by atomic mass is 32.1. The van der Waals surface area contributed by atoms with Crippen molar-refractivity contribution in [1.29, 1.82) is 0 Å². The standard InChI is InChI=1S/C13H11F3N6S/c1-8-4-9(2-3-10(8)22-7-17-6-19-22)5-18-12-21-20-11(23-12)13(14,15)16/h2-4,6-7H,5H2,1H3,(H,18,21). The smallest absolute Gasteiger partial charge is 0.356 e. The molecule has 0 aliphatic heterocycles. The van der Waals surface area contributed by atoms with Crippen LogP contribution in [-0.4, -0.2) is 25.0 Å². The summed E-state index contributed by atoms with van der Waals surface area (Å²) in [7, 11) is 0. The molecule has 120 valence electrons. The predicted molar refractivity (Wildman–Crippen MR) is 78.3 cm³/mol.